The van der Waals surface area contributed by atoms with Crippen LogP contribution in [0.5, 0.6) is 0 Å². The zero-order valence-electron chi connectivity index (χ0n) is 14.4. The second-order valence-electron chi connectivity index (χ2n) is 6.83. The molecule has 0 spiro atoms. The summed E-state index contributed by atoms with van der Waals surface area (Å²) in [5.41, 5.74) is 2.80. The number of nitrogens with one attached hydrogen (secondary N) is 1. The Morgan fingerprint density at radius 3 is 2.88 bits per heavy atom. The molecule has 1 aliphatic carbocycles. The van der Waals surface area contributed by atoms with Crippen molar-refractivity contribution in [3.63, 3.8) is 0 Å². The molecule has 1 N–H and O–H groups in total. The van der Waals surface area contributed by atoms with Crippen molar-refractivity contribution in [3.05, 3.63) is 41.7 Å². The number of hydrogen-bond donors (Lipinski definition) is 1. The van der Waals surface area contributed by atoms with Crippen molar-refractivity contribution < 1.29 is 14.0 Å². The van der Waals surface area contributed by atoms with Crippen LogP contribution in [0.15, 0.2) is 34.7 Å². The third kappa shape index (κ3) is 3.31. The Morgan fingerprint density at radius 1 is 1.28 bits per heavy atom. The van der Waals surface area contributed by atoms with E-state index in [-0.39, 0.29) is 17.7 Å². The van der Waals surface area contributed by atoms with Crippen molar-refractivity contribution in [1.82, 2.24) is 4.90 Å². The molecule has 1 aromatic carbocycles. The average Bonchev–Trinajstić information content (AvgIpc) is 3.39. The Labute approximate surface area is 147 Å². The van der Waals surface area contributed by atoms with E-state index in [2.05, 4.69) is 5.32 Å². The highest BCUT2D eigenvalue weighted by Crippen LogP contribution is 2.35. The van der Waals surface area contributed by atoms with Gasteiger partial charge in [0.15, 0.2) is 0 Å². The van der Waals surface area contributed by atoms with E-state index in [9.17, 15) is 9.59 Å². The smallest absolute Gasteiger partial charge is 0.225 e. The van der Waals surface area contributed by atoms with E-state index in [1.807, 2.05) is 42.2 Å². The van der Waals surface area contributed by atoms with Gasteiger partial charge < -0.3 is 14.6 Å². The maximum atomic E-state index is 12.3. The third-order valence-electron chi connectivity index (χ3n) is 4.86. The topological polar surface area (TPSA) is 62.6 Å². The minimum absolute atomic E-state index is 0.00915. The van der Waals surface area contributed by atoms with Crippen molar-refractivity contribution >= 4 is 17.5 Å². The van der Waals surface area contributed by atoms with Gasteiger partial charge in [-0.15, -0.1) is 0 Å². The van der Waals surface area contributed by atoms with Crippen LogP contribution in [0.1, 0.15) is 37.5 Å². The number of amides is 2. The second-order valence-corrected chi connectivity index (χ2v) is 6.83. The van der Waals surface area contributed by atoms with E-state index in [1.165, 1.54) is 0 Å². The fraction of sp³-hybridized carbons (Fsp3) is 0.400. The molecule has 0 radical (unpaired) electrons. The molecule has 1 aromatic heterocycles. The van der Waals surface area contributed by atoms with Crippen LogP contribution in [-0.2, 0) is 22.6 Å². The standard InChI is InChI=1S/C20H22N2O3/c1-2-19(23)21-16-5-3-4-14(10-16)18-11-15-12-22(9-8-17(15)25-18)20(24)13-6-7-13/h3-5,10-11,13H,2,6-9,12H2,1H3,(H,21,23). The summed E-state index contributed by atoms with van der Waals surface area (Å²) >= 11 is 0. The van der Waals surface area contributed by atoms with Crippen LogP contribution in [0.2, 0.25) is 0 Å². The van der Waals surface area contributed by atoms with Gasteiger partial charge in [-0.3, -0.25) is 9.59 Å². The minimum atomic E-state index is -0.00915. The normalized spacial score (nSPS) is 16.4. The van der Waals surface area contributed by atoms with Gasteiger partial charge in [-0.25, -0.2) is 0 Å². The SMILES string of the molecule is CCC(=O)Nc1cccc(-c2cc3c(o2)CCN(C(=O)C2CC2)C3)c1. The van der Waals surface area contributed by atoms with E-state index >= 15 is 0 Å². The molecule has 0 saturated heterocycles. The van der Waals surface area contributed by atoms with Crippen LogP contribution in [0.4, 0.5) is 5.69 Å². The van der Waals surface area contributed by atoms with Gasteiger partial charge in [-0.1, -0.05) is 19.1 Å². The third-order valence-corrected chi connectivity index (χ3v) is 4.86. The van der Waals surface area contributed by atoms with Crippen LogP contribution in [-0.4, -0.2) is 23.3 Å². The molecule has 5 heteroatoms. The summed E-state index contributed by atoms with van der Waals surface area (Å²) in [6.45, 7) is 3.21. The van der Waals surface area contributed by atoms with Gasteiger partial charge in [-0.05, 0) is 31.0 Å². The van der Waals surface area contributed by atoms with E-state index < -0.39 is 0 Å². The molecule has 130 valence electrons. The largest absolute Gasteiger partial charge is 0.461 e. The highest BCUT2D eigenvalue weighted by molar-refractivity contribution is 5.91. The predicted octanol–water partition coefficient (Wildman–Crippen LogP) is 3.59. The van der Waals surface area contributed by atoms with Gasteiger partial charge in [0.25, 0.3) is 0 Å². The molecule has 2 aromatic rings. The summed E-state index contributed by atoms with van der Waals surface area (Å²) < 4.78 is 6.03. The highest BCUT2D eigenvalue weighted by Gasteiger charge is 2.35. The first kappa shape index (κ1) is 15.9. The van der Waals surface area contributed by atoms with E-state index in [0.29, 0.717) is 13.0 Å². The lowest BCUT2D eigenvalue weighted by molar-refractivity contribution is -0.133. The second kappa shape index (κ2) is 6.39. The van der Waals surface area contributed by atoms with Gasteiger partial charge in [0.1, 0.15) is 11.5 Å². The lowest BCUT2D eigenvalue weighted by atomic mass is 10.1. The first-order chi connectivity index (χ1) is 12.1. The fourth-order valence-corrected chi connectivity index (χ4v) is 3.25. The predicted molar refractivity (Wildman–Crippen MR) is 94.9 cm³/mol. The fourth-order valence-electron chi connectivity index (χ4n) is 3.25. The molecular formula is C20H22N2O3. The lowest BCUT2D eigenvalue weighted by Gasteiger charge is -2.26. The number of hydrogen-bond acceptors (Lipinski definition) is 3. The first-order valence-electron chi connectivity index (χ1n) is 8.94. The Bertz CT molecular complexity index is 820. The summed E-state index contributed by atoms with van der Waals surface area (Å²) in [4.78, 5) is 25.8. The molecule has 1 saturated carbocycles. The molecule has 2 amide bonds. The van der Waals surface area contributed by atoms with Crippen molar-refractivity contribution in [2.45, 2.75) is 39.2 Å². The number of furan rings is 1. The van der Waals surface area contributed by atoms with Gasteiger partial charge >= 0.3 is 0 Å². The number of carbonyl (C=O) groups is 2. The molecule has 5 nitrogen and oxygen atoms in total. The molecule has 0 bridgehead atoms. The Balaban J connectivity index is 1.54. The molecule has 0 unspecified atom stereocenters. The number of benzene rings is 1. The molecule has 2 aliphatic rings. The molecular weight excluding hydrogens is 316 g/mol. The number of rotatable bonds is 4. The summed E-state index contributed by atoms with van der Waals surface area (Å²) in [5, 5.41) is 2.87. The van der Waals surface area contributed by atoms with Crippen LogP contribution in [0.25, 0.3) is 11.3 Å². The summed E-state index contributed by atoms with van der Waals surface area (Å²) in [7, 11) is 0. The molecule has 4 rings (SSSR count). The number of anilines is 1. The number of fused-ring (bicyclic) bond motifs is 1. The van der Waals surface area contributed by atoms with Gasteiger partial charge in [0, 0.05) is 48.7 Å². The Morgan fingerprint density at radius 2 is 2.12 bits per heavy atom. The van der Waals surface area contributed by atoms with Gasteiger partial charge in [0.2, 0.25) is 11.8 Å². The molecule has 0 atom stereocenters. The van der Waals surface area contributed by atoms with E-state index in [0.717, 1.165) is 54.1 Å². The molecule has 25 heavy (non-hydrogen) atoms. The quantitative estimate of drug-likeness (QED) is 0.926. The van der Waals surface area contributed by atoms with Crippen molar-refractivity contribution in [3.8, 4) is 11.3 Å². The number of carbonyl (C=O) groups excluding carboxylic acids is 2. The van der Waals surface area contributed by atoms with Crippen LogP contribution in [0.3, 0.4) is 0 Å². The maximum Gasteiger partial charge on any atom is 0.225 e. The molecule has 1 aliphatic heterocycles. The van der Waals surface area contributed by atoms with Gasteiger partial charge in [0.05, 0.1) is 0 Å². The van der Waals surface area contributed by atoms with Crippen molar-refractivity contribution in [2.24, 2.45) is 5.92 Å². The summed E-state index contributed by atoms with van der Waals surface area (Å²) in [6, 6.07) is 9.70. The first-order valence-corrected chi connectivity index (χ1v) is 8.94. The van der Waals surface area contributed by atoms with E-state index in [4.69, 9.17) is 4.42 Å². The summed E-state index contributed by atoms with van der Waals surface area (Å²) in [5.74, 6) is 2.30. The van der Waals surface area contributed by atoms with Crippen LogP contribution >= 0.6 is 0 Å². The summed E-state index contributed by atoms with van der Waals surface area (Å²) in [6.07, 6.45) is 3.29. The van der Waals surface area contributed by atoms with Gasteiger partial charge in [-0.2, -0.15) is 0 Å². The van der Waals surface area contributed by atoms with Crippen LogP contribution < -0.4 is 5.32 Å². The average molecular weight is 338 g/mol. The lowest BCUT2D eigenvalue weighted by Crippen LogP contribution is -2.36. The highest BCUT2D eigenvalue weighted by atomic mass is 16.3. The molecule has 2 heterocycles. The Kier molecular flexibility index (Phi) is 4.07. The molecule has 1 fully saturated rings. The maximum absolute atomic E-state index is 12.3. The zero-order valence-corrected chi connectivity index (χ0v) is 14.4. The Hall–Kier alpha value is -2.56. The monoisotopic (exact) mass is 338 g/mol. The van der Waals surface area contributed by atoms with E-state index in [1.54, 1.807) is 0 Å². The zero-order chi connectivity index (χ0) is 17.4. The minimum Gasteiger partial charge on any atom is -0.461 e. The van der Waals surface area contributed by atoms with Crippen molar-refractivity contribution in [2.75, 3.05) is 11.9 Å². The van der Waals surface area contributed by atoms with Crippen LogP contribution in [0, 0.1) is 5.92 Å². The number of nitrogens with zero attached hydrogens (tertiary/aromatic N) is 1. The van der Waals surface area contributed by atoms with Crippen molar-refractivity contribution in [1.29, 1.82) is 0 Å².